The molecule has 10 heteroatoms. The van der Waals surface area contributed by atoms with Gasteiger partial charge in [-0.25, -0.2) is 4.57 Å². The second-order valence-corrected chi connectivity index (χ2v) is 24.7. The average Bonchev–Trinajstić information content (AvgIpc) is 3.41. The molecule has 0 aromatic heterocycles. The fourth-order valence-corrected chi connectivity index (χ4v) is 9.93. The van der Waals surface area contributed by atoms with E-state index in [2.05, 4.69) is 99.0 Å². The first-order valence-electron chi connectivity index (χ1n) is 32.9. The third-order valence-corrected chi connectivity index (χ3v) is 15.3. The maximum absolute atomic E-state index is 13.5. The average molecular weight is 1130 g/mol. The number of carbonyl (C=O) groups excluding carboxylic acids is 2. The molecule has 9 nitrogen and oxygen atoms in total. The quantitative estimate of drug-likeness (QED) is 0.0205. The van der Waals surface area contributed by atoms with Gasteiger partial charge >= 0.3 is 13.8 Å². The molecule has 0 rings (SSSR count). The van der Waals surface area contributed by atoms with E-state index in [0.29, 0.717) is 17.4 Å². The second-order valence-electron chi connectivity index (χ2n) is 23.3. The fraction of sp³-hybridized carbons (Fsp3) is 0.768. The highest BCUT2D eigenvalue weighted by Gasteiger charge is 2.30. The van der Waals surface area contributed by atoms with Crippen LogP contribution in [0.15, 0.2) is 85.1 Å². The molecule has 0 aliphatic rings. The van der Waals surface area contributed by atoms with Crippen LogP contribution < -0.4 is 5.32 Å². The van der Waals surface area contributed by atoms with E-state index < -0.39 is 20.0 Å². The van der Waals surface area contributed by atoms with Crippen LogP contribution in [0.4, 0.5) is 0 Å². The largest absolute Gasteiger partial charge is 0.472 e. The van der Waals surface area contributed by atoms with Gasteiger partial charge in [0, 0.05) is 12.8 Å². The van der Waals surface area contributed by atoms with Gasteiger partial charge in [-0.3, -0.25) is 18.6 Å². The first kappa shape index (κ1) is 76.2. The summed E-state index contributed by atoms with van der Waals surface area (Å²) in [6.45, 7) is 6.92. The first-order valence-corrected chi connectivity index (χ1v) is 34.4. The van der Waals surface area contributed by atoms with Gasteiger partial charge in [0.15, 0.2) is 0 Å². The van der Waals surface area contributed by atoms with E-state index in [-0.39, 0.29) is 37.9 Å². The second kappa shape index (κ2) is 58.4. The Morgan fingerprint density at radius 1 is 0.443 bits per heavy atom. The Hall–Kier alpha value is -2.81. The predicted octanol–water partition coefficient (Wildman–Crippen LogP) is 20.6. The summed E-state index contributed by atoms with van der Waals surface area (Å²) in [5.74, 6) is -0.568. The number of nitrogens with zero attached hydrogens (tertiary/aromatic N) is 1. The van der Waals surface area contributed by atoms with Crippen LogP contribution in [0.25, 0.3) is 0 Å². The number of phosphoric ester groups is 1. The third kappa shape index (κ3) is 59.6. The van der Waals surface area contributed by atoms with Crippen molar-refractivity contribution in [3.05, 3.63) is 85.1 Å². The number of likely N-dealkylation sites (N-methyl/N-ethyl adjacent to an activating group) is 1. The van der Waals surface area contributed by atoms with E-state index >= 15 is 0 Å². The normalized spacial score (nSPS) is 14.2. The number of ether oxygens (including phenoxy) is 1. The number of rotatable bonds is 59. The molecule has 2 N–H and O–H groups in total. The number of phosphoric acid groups is 1. The Labute approximate surface area is 488 Å². The third-order valence-electron chi connectivity index (χ3n) is 14.3. The van der Waals surface area contributed by atoms with Crippen molar-refractivity contribution in [3.8, 4) is 0 Å². The molecular formula is C69H126N2O7P+. The lowest BCUT2D eigenvalue weighted by molar-refractivity contribution is -0.870. The highest BCUT2D eigenvalue weighted by Crippen LogP contribution is 2.43. The standard InChI is InChI=1S/C69H125N2O7P/c1-7-10-13-16-19-22-25-27-29-31-32-33-34-35-36-37-38-40-42-44-47-50-53-56-59-62-69(73)78-67(60-57-54-51-48-45-24-21-18-15-12-9-3)66(65-77-79(74,75)76-64-63-71(4,5)6)70-68(72)61-58-55-52-49-46-43-41-39-30-28-26-23-20-17-14-11-8-2/h19-20,22-23,27-30,41,43,49,52,57,60,66-67H,7-18,21,24-26,31-40,42,44-48,50-51,53-56,58-59,61-65H2,1-6H3,(H-,70,72,74,75)/p+1/b22-19-,23-20-,29-27-,30-28-,43-41-,52-49-,60-57-. The van der Waals surface area contributed by atoms with Gasteiger partial charge in [-0.15, -0.1) is 0 Å². The topological polar surface area (TPSA) is 111 Å². The van der Waals surface area contributed by atoms with E-state index in [1.807, 2.05) is 33.3 Å². The van der Waals surface area contributed by atoms with Crippen molar-refractivity contribution in [2.45, 2.75) is 303 Å². The van der Waals surface area contributed by atoms with Gasteiger partial charge in [-0.05, 0) is 102 Å². The Morgan fingerprint density at radius 3 is 1.20 bits per heavy atom. The monoisotopic (exact) mass is 1130 g/mol. The zero-order valence-electron chi connectivity index (χ0n) is 52.3. The van der Waals surface area contributed by atoms with Crippen LogP contribution in [0.5, 0.6) is 0 Å². The van der Waals surface area contributed by atoms with Crippen molar-refractivity contribution in [2.24, 2.45) is 0 Å². The summed E-state index contributed by atoms with van der Waals surface area (Å²) in [5.41, 5.74) is 0. The van der Waals surface area contributed by atoms with Crippen LogP contribution >= 0.6 is 7.82 Å². The summed E-state index contributed by atoms with van der Waals surface area (Å²) in [6, 6.07) is -0.880. The lowest BCUT2D eigenvalue weighted by atomic mass is 10.0. The Bertz CT molecular complexity index is 1630. The Balaban J connectivity index is 5.14. The van der Waals surface area contributed by atoms with E-state index in [9.17, 15) is 19.0 Å². The molecular weight excluding hydrogens is 1000 g/mol. The minimum absolute atomic E-state index is 0.0278. The van der Waals surface area contributed by atoms with Gasteiger partial charge < -0.3 is 19.4 Å². The summed E-state index contributed by atoms with van der Waals surface area (Å²) >= 11 is 0. The smallest absolute Gasteiger partial charge is 0.456 e. The molecule has 0 aromatic rings. The zero-order chi connectivity index (χ0) is 57.9. The first-order chi connectivity index (χ1) is 38.4. The fourth-order valence-electron chi connectivity index (χ4n) is 9.20. The molecule has 0 aliphatic heterocycles. The molecule has 0 fully saturated rings. The number of hydrogen-bond acceptors (Lipinski definition) is 6. The number of carbonyl (C=O) groups is 2. The summed E-state index contributed by atoms with van der Waals surface area (Å²) in [5, 5.41) is 3.02. The molecule has 0 aliphatic carbocycles. The molecule has 79 heavy (non-hydrogen) atoms. The summed E-state index contributed by atoms with van der Waals surface area (Å²) in [6.07, 6.45) is 77.5. The lowest BCUT2D eigenvalue weighted by Gasteiger charge is -2.27. The van der Waals surface area contributed by atoms with Crippen molar-refractivity contribution in [3.63, 3.8) is 0 Å². The molecule has 3 unspecified atom stereocenters. The number of nitrogens with one attached hydrogen (secondary N) is 1. The summed E-state index contributed by atoms with van der Waals surface area (Å²) in [4.78, 5) is 37.7. The van der Waals surface area contributed by atoms with E-state index in [0.717, 1.165) is 70.6 Å². The van der Waals surface area contributed by atoms with E-state index in [1.54, 1.807) is 0 Å². The molecule has 0 saturated heterocycles. The van der Waals surface area contributed by atoms with Crippen molar-refractivity contribution in [1.82, 2.24) is 5.32 Å². The van der Waals surface area contributed by atoms with Crippen LogP contribution in [-0.4, -0.2) is 74.3 Å². The number of amides is 1. The molecule has 3 atom stereocenters. The Kier molecular flexibility index (Phi) is 56.3. The van der Waals surface area contributed by atoms with Gasteiger partial charge in [-0.2, -0.15) is 0 Å². The molecule has 458 valence electrons. The maximum Gasteiger partial charge on any atom is 0.472 e. The summed E-state index contributed by atoms with van der Waals surface area (Å²) in [7, 11) is 1.46. The van der Waals surface area contributed by atoms with E-state index in [4.69, 9.17) is 13.8 Å². The van der Waals surface area contributed by atoms with Gasteiger partial charge in [0.25, 0.3) is 0 Å². The van der Waals surface area contributed by atoms with Crippen LogP contribution in [0.2, 0.25) is 0 Å². The van der Waals surface area contributed by atoms with Gasteiger partial charge in [0.05, 0.1) is 33.8 Å². The van der Waals surface area contributed by atoms with Gasteiger partial charge in [0.1, 0.15) is 19.3 Å². The van der Waals surface area contributed by atoms with Crippen LogP contribution in [0.3, 0.4) is 0 Å². The molecule has 0 spiro atoms. The van der Waals surface area contributed by atoms with Crippen molar-refractivity contribution in [2.75, 3.05) is 40.9 Å². The van der Waals surface area contributed by atoms with Crippen LogP contribution in [-0.2, 0) is 27.9 Å². The molecule has 0 bridgehead atoms. The number of hydrogen-bond donors (Lipinski definition) is 2. The SMILES string of the molecule is CCCCC/C=C\C/C=C\C/C=C\C/C=C\CCCC(=O)NC(COP(=O)(O)OCC[N+](C)(C)C)C(/C=C\CCCCCCCCCCC)OC(=O)CCCCCCCCCCCCCCCCC/C=C\C/C=C\CCCCC. The van der Waals surface area contributed by atoms with Crippen LogP contribution in [0, 0.1) is 0 Å². The van der Waals surface area contributed by atoms with Crippen molar-refractivity contribution < 1.29 is 37.3 Å². The number of esters is 1. The van der Waals surface area contributed by atoms with Gasteiger partial charge in [0.2, 0.25) is 5.91 Å². The molecule has 0 heterocycles. The molecule has 1 amide bonds. The van der Waals surface area contributed by atoms with Crippen LogP contribution in [0.1, 0.15) is 290 Å². The molecule has 0 aromatic carbocycles. The van der Waals surface area contributed by atoms with Gasteiger partial charge in [-0.1, -0.05) is 260 Å². The summed E-state index contributed by atoms with van der Waals surface area (Å²) < 4.78 is 30.7. The number of unbranched alkanes of at least 4 members (excludes halogenated alkanes) is 31. The highest BCUT2D eigenvalue weighted by atomic mass is 31.2. The number of allylic oxidation sites excluding steroid dienone is 13. The predicted molar refractivity (Wildman–Crippen MR) is 341 cm³/mol. The molecule has 0 radical (unpaired) electrons. The van der Waals surface area contributed by atoms with Crippen molar-refractivity contribution in [1.29, 1.82) is 0 Å². The minimum Gasteiger partial charge on any atom is -0.456 e. The lowest BCUT2D eigenvalue weighted by Crippen LogP contribution is -2.47. The minimum atomic E-state index is -4.47. The zero-order valence-corrected chi connectivity index (χ0v) is 53.2. The highest BCUT2D eigenvalue weighted by molar-refractivity contribution is 7.47. The van der Waals surface area contributed by atoms with E-state index in [1.165, 1.54) is 180 Å². The number of quaternary nitrogens is 1. The molecule has 0 saturated carbocycles. The van der Waals surface area contributed by atoms with Crippen molar-refractivity contribution >= 4 is 19.7 Å². The Morgan fingerprint density at radius 2 is 0.785 bits per heavy atom. The maximum atomic E-state index is 13.5.